The van der Waals surface area contributed by atoms with Crippen LogP contribution < -0.4 is 11.0 Å². The fourth-order valence-corrected chi connectivity index (χ4v) is 2.38. The molecule has 0 aliphatic heterocycles. The van der Waals surface area contributed by atoms with Crippen LogP contribution in [0.5, 0.6) is 0 Å². The van der Waals surface area contributed by atoms with Gasteiger partial charge in [0, 0.05) is 5.56 Å². The van der Waals surface area contributed by atoms with Gasteiger partial charge < -0.3 is 15.0 Å². The zero-order chi connectivity index (χ0) is 17.5. The van der Waals surface area contributed by atoms with Gasteiger partial charge >= 0.3 is 13.3 Å². The highest BCUT2D eigenvalue weighted by atomic mass is 19.4. The van der Waals surface area contributed by atoms with E-state index in [1.54, 1.807) is 12.1 Å². The summed E-state index contributed by atoms with van der Waals surface area (Å²) in [6.45, 7) is 0. The number of halogens is 3. The molecule has 3 N–H and O–H groups in total. The third-order valence-electron chi connectivity index (χ3n) is 3.52. The Bertz CT molecular complexity index is 970. The van der Waals surface area contributed by atoms with Gasteiger partial charge in [-0.15, -0.1) is 0 Å². The van der Waals surface area contributed by atoms with Crippen LogP contribution in [-0.4, -0.2) is 27.1 Å². The van der Waals surface area contributed by atoms with Crippen LogP contribution in [0, 0.1) is 0 Å². The smallest absolute Gasteiger partial charge is 0.423 e. The Morgan fingerprint density at radius 1 is 1.08 bits per heavy atom. The number of aromatic amines is 1. The van der Waals surface area contributed by atoms with Gasteiger partial charge in [0.05, 0.1) is 16.5 Å². The molecule has 0 aliphatic carbocycles. The number of nitrogens with zero attached hydrogens (tertiary/aromatic N) is 1. The number of fused-ring (bicyclic) bond motifs is 1. The first-order valence-electron chi connectivity index (χ1n) is 6.84. The summed E-state index contributed by atoms with van der Waals surface area (Å²) in [4.78, 5) is 18.5. The number of hydrogen-bond donors (Lipinski definition) is 3. The second-order valence-corrected chi connectivity index (χ2v) is 5.11. The third-order valence-corrected chi connectivity index (χ3v) is 3.52. The van der Waals surface area contributed by atoms with Crippen molar-refractivity contribution in [3.8, 4) is 11.4 Å². The number of aromatic nitrogens is 2. The molecule has 0 fully saturated rings. The molecule has 0 saturated heterocycles. The van der Waals surface area contributed by atoms with Crippen LogP contribution in [0.1, 0.15) is 5.56 Å². The van der Waals surface area contributed by atoms with Crippen molar-refractivity contribution in [1.82, 2.24) is 9.97 Å². The van der Waals surface area contributed by atoms with Crippen molar-refractivity contribution in [1.29, 1.82) is 0 Å². The van der Waals surface area contributed by atoms with E-state index in [9.17, 15) is 18.0 Å². The summed E-state index contributed by atoms with van der Waals surface area (Å²) in [5.41, 5.74) is -2.08. The number of alkyl halides is 3. The van der Waals surface area contributed by atoms with E-state index < -0.39 is 24.4 Å². The lowest BCUT2D eigenvalue weighted by Crippen LogP contribution is -2.31. The zero-order valence-corrected chi connectivity index (χ0v) is 12.0. The third kappa shape index (κ3) is 2.91. The van der Waals surface area contributed by atoms with Crippen LogP contribution in [0.3, 0.4) is 0 Å². The summed E-state index contributed by atoms with van der Waals surface area (Å²) in [6.07, 6.45) is -4.76. The molecule has 0 saturated carbocycles. The predicted octanol–water partition coefficient (Wildman–Crippen LogP) is 1.29. The first-order chi connectivity index (χ1) is 11.3. The Morgan fingerprint density at radius 2 is 1.79 bits per heavy atom. The SMILES string of the molecule is O=c1[nH]c(-c2ccc(B(O)O)cc2C(F)(F)F)nc2ccccc12. The van der Waals surface area contributed by atoms with Gasteiger partial charge in [0.2, 0.25) is 0 Å². The van der Waals surface area contributed by atoms with Gasteiger partial charge in [-0.1, -0.05) is 24.3 Å². The Labute approximate surface area is 133 Å². The molecule has 3 aromatic rings. The molecule has 122 valence electrons. The van der Waals surface area contributed by atoms with Crippen molar-refractivity contribution in [2.45, 2.75) is 6.18 Å². The van der Waals surface area contributed by atoms with Crippen LogP contribution in [0.4, 0.5) is 13.2 Å². The van der Waals surface area contributed by atoms with E-state index in [0.29, 0.717) is 6.07 Å². The van der Waals surface area contributed by atoms with Gasteiger partial charge in [0.15, 0.2) is 0 Å². The molecule has 0 atom stereocenters. The molecule has 5 nitrogen and oxygen atoms in total. The van der Waals surface area contributed by atoms with Crippen LogP contribution in [-0.2, 0) is 6.18 Å². The normalized spacial score (nSPS) is 11.7. The Balaban J connectivity index is 2.28. The number of para-hydroxylation sites is 1. The number of benzene rings is 2. The second-order valence-electron chi connectivity index (χ2n) is 5.11. The van der Waals surface area contributed by atoms with Crippen LogP contribution >= 0.6 is 0 Å². The fraction of sp³-hybridized carbons (Fsp3) is 0.0667. The lowest BCUT2D eigenvalue weighted by atomic mass is 9.78. The quantitative estimate of drug-likeness (QED) is 0.617. The molecule has 1 heterocycles. The highest BCUT2D eigenvalue weighted by molar-refractivity contribution is 6.58. The number of rotatable bonds is 2. The highest BCUT2D eigenvalue weighted by Gasteiger charge is 2.35. The number of hydrogen-bond acceptors (Lipinski definition) is 4. The van der Waals surface area contributed by atoms with Crippen LogP contribution in [0.2, 0.25) is 0 Å². The first-order valence-corrected chi connectivity index (χ1v) is 6.84. The van der Waals surface area contributed by atoms with Crippen molar-refractivity contribution in [2.24, 2.45) is 0 Å². The second kappa shape index (κ2) is 5.77. The van der Waals surface area contributed by atoms with Gasteiger partial charge in [0.25, 0.3) is 5.56 Å². The van der Waals surface area contributed by atoms with E-state index in [4.69, 9.17) is 10.0 Å². The van der Waals surface area contributed by atoms with E-state index >= 15 is 0 Å². The van der Waals surface area contributed by atoms with Crippen molar-refractivity contribution < 1.29 is 23.2 Å². The minimum absolute atomic E-state index is 0.245. The summed E-state index contributed by atoms with van der Waals surface area (Å²) >= 11 is 0. The maximum absolute atomic E-state index is 13.3. The Kier molecular flexibility index (Phi) is 3.90. The lowest BCUT2D eigenvalue weighted by Gasteiger charge is -2.14. The highest BCUT2D eigenvalue weighted by Crippen LogP contribution is 2.35. The summed E-state index contributed by atoms with van der Waals surface area (Å²) in [5.74, 6) is -0.245. The first kappa shape index (κ1) is 16.2. The van der Waals surface area contributed by atoms with Gasteiger partial charge in [-0.05, 0) is 23.7 Å². The van der Waals surface area contributed by atoms with Crippen LogP contribution in [0.25, 0.3) is 22.3 Å². The Morgan fingerprint density at radius 3 is 2.46 bits per heavy atom. The van der Waals surface area contributed by atoms with Crippen molar-refractivity contribution in [3.63, 3.8) is 0 Å². The summed E-state index contributed by atoms with van der Waals surface area (Å²) in [7, 11) is -2.04. The van der Waals surface area contributed by atoms with Gasteiger partial charge in [-0.3, -0.25) is 4.79 Å². The van der Waals surface area contributed by atoms with Gasteiger partial charge in [0.1, 0.15) is 5.82 Å². The maximum atomic E-state index is 13.3. The Hall–Kier alpha value is -2.65. The average Bonchev–Trinajstić information content (AvgIpc) is 2.53. The molecule has 3 rings (SSSR count). The summed E-state index contributed by atoms with van der Waals surface area (Å²) in [6, 6.07) is 9.07. The number of nitrogens with one attached hydrogen (secondary N) is 1. The molecular formula is C15H10BF3N2O3. The van der Waals surface area contributed by atoms with E-state index in [-0.39, 0.29) is 27.8 Å². The molecule has 0 amide bonds. The van der Waals surface area contributed by atoms with E-state index in [2.05, 4.69) is 9.97 Å². The molecule has 0 aliphatic rings. The van der Waals surface area contributed by atoms with Crippen LogP contribution in [0.15, 0.2) is 47.3 Å². The lowest BCUT2D eigenvalue weighted by molar-refractivity contribution is -0.137. The predicted molar refractivity (Wildman–Crippen MR) is 82.6 cm³/mol. The minimum Gasteiger partial charge on any atom is -0.423 e. The molecule has 2 aromatic carbocycles. The van der Waals surface area contributed by atoms with Crippen molar-refractivity contribution in [3.05, 3.63) is 58.4 Å². The zero-order valence-electron chi connectivity index (χ0n) is 12.0. The summed E-state index contributed by atoms with van der Waals surface area (Å²) < 4.78 is 39.9. The topological polar surface area (TPSA) is 86.2 Å². The molecule has 0 spiro atoms. The molecule has 1 aromatic heterocycles. The fourth-order valence-electron chi connectivity index (χ4n) is 2.38. The molecule has 9 heteroatoms. The molecule has 0 unspecified atom stereocenters. The van der Waals surface area contributed by atoms with E-state index in [1.165, 1.54) is 12.1 Å². The van der Waals surface area contributed by atoms with Crippen molar-refractivity contribution in [2.75, 3.05) is 0 Å². The molecule has 0 radical (unpaired) electrons. The largest absolute Gasteiger partial charge is 0.488 e. The average molecular weight is 334 g/mol. The van der Waals surface area contributed by atoms with Gasteiger partial charge in [-0.25, -0.2) is 4.98 Å². The maximum Gasteiger partial charge on any atom is 0.488 e. The van der Waals surface area contributed by atoms with E-state index in [0.717, 1.165) is 12.1 Å². The standard InChI is InChI=1S/C15H10BF3N2O3/c17-15(18,19)11-7-8(16(23)24)5-6-9(11)13-20-12-4-2-1-3-10(12)14(22)21-13/h1-7,23-24H,(H,20,21,22). The van der Waals surface area contributed by atoms with Crippen molar-refractivity contribution >= 4 is 23.5 Å². The number of H-pyrrole nitrogens is 1. The molecular weight excluding hydrogens is 324 g/mol. The summed E-state index contributed by atoms with van der Waals surface area (Å²) in [5, 5.41) is 18.4. The molecule has 0 bridgehead atoms. The van der Waals surface area contributed by atoms with E-state index in [1.807, 2.05) is 0 Å². The van der Waals surface area contributed by atoms with Gasteiger partial charge in [-0.2, -0.15) is 13.2 Å². The monoisotopic (exact) mass is 334 g/mol. The molecule has 24 heavy (non-hydrogen) atoms. The minimum atomic E-state index is -4.76.